The molecule has 1 fully saturated rings. The zero-order chi connectivity index (χ0) is 22.1. The van der Waals surface area contributed by atoms with Crippen molar-refractivity contribution in [2.75, 3.05) is 26.2 Å². The van der Waals surface area contributed by atoms with Crippen LogP contribution in [0.5, 0.6) is 5.75 Å². The van der Waals surface area contributed by atoms with E-state index >= 15 is 0 Å². The molecule has 0 aromatic heterocycles. The van der Waals surface area contributed by atoms with Crippen molar-refractivity contribution in [2.24, 2.45) is 0 Å². The summed E-state index contributed by atoms with van der Waals surface area (Å²) in [5.41, 5.74) is 2.23. The highest BCUT2D eigenvalue weighted by Crippen LogP contribution is 2.36. The molecule has 0 bridgehead atoms. The van der Waals surface area contributed by atoms with Crippen LogP contribution in [0.3, 0.4) is 0 Å². The lowest BCUT2D eigenvalue weighted by atomic mass is 9.97. The second kappa shape index (κ2) is 8.69. The van der Waals surface area contributed by atoms with Gasteiger partial charge in [0, 0.05) is 43.2 Å². The number of rotatable bonds is 4. The summed E-state index contributed by atoms with van der Waals surface area (Å²) in [6, 6.07) is 0. The molecule has 10 heteroatoms. The smallest absolute Gasteiger partial charge is 0.444 e. The number of thiol groups is 1. The van der Waals surface area contributed by atoms with Gasteiger partial charge >= 0.3 is 16.6 Å². The minimum absolute atomic E-state index is 0.0227. The molecular weight excluding hydrogens is 419 g/mol. The van der Waals surface area contributed by atoms with Crippen LogP contribution >= 0.6 is 12.6 Å². The number of carbonyl (C=O) groups excluding carboxylic acids is 1. The van der Waals surface area contributed by atoms with Gasteiger partial charge in [-0.05, 0) is 58.2 Å². The lowest BCUT2D eigenvalue weighted by Crippen LogP contribution is -2.49. The maximum absolute atomic E-state index is 13.2. The van der Waals surface area contributed by atoms with Crippen molar-refractivity contribution in [1.29, 1.82) is 0 Å². The van der Waals surface area contributed by atoms with Gasteiger partial charge in [0.2, 0.25) is 0 Å². The molecule has 1 heterocycles. The maximum atomic E-state index is 13.2. The van der Waals surface area contributed by atoms with Gasteiger partial charge in [-0.2, -0.15) is 8.42 Å². The minimum atomic E-state index is -5.14. The van der Waals surface area contributed by atoms with Crippen LogP contribution in [0.1, 0.15) is 43.0 Å². The first-order valence-electron chi connectivity index (χ1n) is 9.35. The minimum Gasteiger partial charge on any atom is -0.444 e. The normalized spacial score (nSPS) is 16.1. The molecule has 0 unspecified atom stereocenters. The summed E-state index contributed by atoms with van der Waals surface area (Å²) in [4.78, 5) is 16.6. The van der Waals surface area contributed by atoms with Gasteiger partial charge in [-0.25, -0.2) is 4.79 Å². The van der Waals surface area contributed by atoms with Gasteiger partial charge in [-0.1, -0.05) is 3.89 Å². The van der Waals surface area contributed by atoms with Gasteiger partial charge in [0.05, 0.1) is 0 Å². The van der Waals surface area contributed by atoms with Gasteiger partial charge in [-0.3, -0.25) is 4.90 Å². The highest BCUT2D eigenvalue weighted by Gasteiger charge is 2.27. The number of hydrogen-bond donors (Lipinski definition) is 1. The van der Waals surface area contributed by atoms with Crippen LogP contribution in [0, 0.1) is 20.8 Å². The summed E-state index contributed by atoms with van der Waals surface area (Å²) < 4.78 is 45.2. The molecule has 0 aliphatic carbocycles. The molecular formula is C19H29FN2O5S2. The highest BCUT2D eigenvalue weighted by atomic mass is 32.3. The average molecular weight is 449 g/mol. The van der Waals surface area contributed by atoms with Crippen LogP contribution < -0.4 is 4.18 Å². The number of nitrogens with zero attached hydrogens (tertiary/aromatic N) is 2. The molecule has 1 aliphatic rings. The molecule has 2 rings (SSSR count). The predicted molar refractivity (Wildman–Crippen MR) is 112 cm³/mol. The van der Waals surface area contributed by atoms with E-state index < -0.39 is 16.1 Å². The molecule has 1 aliphatic heterocycles. The van der Waals surface area contributed by atoms with Crippen molar-refractivity contribution >= 4 is 29.2 Å². The molecule has 1 aromatic carbocycles. The second-order valence-corrected chi connectivity index (χ2v) is 9.65. The Kier molecular flexibility index (Phi) is 7.12. The third-order valence-corrected chi connectivity index (χ3v) is 5.92. The van der Waals surface area contributed by atoms with Crippen LogP contribution in [0.4, 0.5) is 8.68 Å². The predicted octanol–water partition coefficient (Wildman–Crippen LogP) is 3.55. The Morgan fingerprint density at radius 1 is 1.07 bits per heavy atom. The first kappa shape index (κ1) is 23.8. The molecule has 0 radical (unpaired) electrons. The van der Waals surface area contributed by atoms with Crippen molar-refractivity contribution < 1.29 is 26.0 Å². The fourth-order valence-corrected chi connectivity index (χ4v) is 4.02. The SMILES string of the molecule is Cc1c(S)c(C)c(OS(=O)(=O)F)c(C)c1CN1CCN(C(=O)OC(C)(C)C)CC1. The van der Waals surface area contributed by atoms with Crippen molar-refractivity contribution in [1.82, 2.24) is 9.80 Å². The molecule has 1 aromatic rings. The van der Waals surface area contributed by atoms with Crippen LogP contribution in [0.2, 0.25) is 0 Å². The van der Waals surface area contributed by atoms with Gasteiger partial charge in [0.1, 0.15) is 5.60 Å². The van der Waals surface area contributed by atoms with E-state index in [4.69, 9.17) is 4.74 Å². The number of amides is 1. The molecule has 29 heavy (non-hydrogen) atoms. The first-order valence-corrected chi connectivity index (χ1v) is 11.1. The van der Waals surface area contributed by atoms with E-state index in [1.165, 1.54) is 0 Å². The molecule has 1 saturated heterocycles. The fraction of sp³-hybridized carbons (Fsp3) is 0.632. The third kappa shape index (κ3) is 6.23. The third-order valence-electron chi connectivity index (χ3n) is 4.89. The van der Waals surface area contributed by atoms with E-state index in [9.17, 15) is 17.1 Å². The van der Waals surface area contributed by atoms with Crippen molar-refractivity contribution in [3.63, 3.8) is 0 Å². The Hall–Kier alpha value is -1.52. The summed E-state index contributed by atoms with van der Waals surface area (Å²) in [7, 11) is -5.14. The Bertz CT molecular complexity index is 889. The topological polar surface area (TPSA) is 76.2 Å². The summed E-state index contributed by atoms with van der Waals surface area (Å²) in [5.74, 6) is -0.0227. The van der Waals surface area contributed by atoms with Crippen LogP contribution in [0.15, 0.2) is 4.90 Å². The summed E-state index contributed by atoms with van der Waals surface area (Å²) >= 11 is 4.46. The summed E-state index contributed by atoms with van der Waals surface area (Å²) in [5, 5.41) is 0. The lowest BCUT2D eigenvalue weighted by Gasteiger charge is -2.36. The quantitative estimate of drug-likeness (QED) is 0.561. The number of halogens is 1. The number of piperazine rings is 1. The Balaban J connectivity index is 2.16. The fourth-order valence-electron chi connectivity index (χ4n) is 3.33. The van der Waals surface area contributed by atoms with Gasteiger partial charge in [-0.15, -0.1) is 12.6 Å². The largest absolute Gasteiger partial charge is 0.488 e. The van der Waals surface area contributed by atoms with Gasteiger partial charge in [0.25, 0.3) is 0 Å². The highest BCUT2D eigenvalue weighted by molar-refractivity contribution is 7.81. The standard InChI is InChI=1S/C19H29FN2O5S2/c1-12-15(13(2)17(28)14(3)16(12)27-29(20,24)25)11-21-7-9-22(10-8-21)18(23)26-19(4,5)6/h28H,7-11H2,1-6H3. The summed E-state index contributed by atoms with van der Waals surface area (Å²) in [6.45, 7) is 13.6. The number of carbonyl (C=O) groups is 1. The Morgan fingerprint density at radius 3 is 2.10 bits per heavy atom. The molecule has 0 spiro atoms. The van der Waals surface area contributed by atoms with E-state index in [0.717, 1.165) is 11.1 Å². The van der Waals surface area contributed by atoms with Crippen LogP contribution in [-0.4, -0.2) is 56.1 Å². The second-order valence-electron chi connectivity index (χ2n) is 8.25. The monoisotopic (exact) mass is 448 g/mol. The average Bonchev–Trinajstić information content (AvgIpc) is 2.59. The summed E-state index contributed by atoms with van der Waals surface area (Å²) in [6.07, 6.45) is -0.332. The van der Waals surface area contributed by atoms with Gasteiger partial charge in [0.15, 0.2) is 5.75 Å². The van der Waals surface area contributed by atoms with Crippen LogP contribution in [-0.2, 0) is 21.8 Å². The van der Waals surface area contributed by atoms with Gasteiger partial charge < -0.3 is 13.8 Å². The van der Waals surface area contributed by atoms with Crippen molar-refractivity contribution in [2.45, 2.75) is 58.6 Å². The molecule has 1 amide bonds. The number of ether oxygens (including phenoxy) is 1. The van der Waals surface area contributed by atoms with E-state index in [0.29, 0.717) is 48.7 Å². The van der Waals surface area contributed by atoms with Crippen molar-refractivity contribution in [3.8, 4) is 5.75 Å². The molecule has 7 nitrogen and oxygen atoms in total. The molecule has 164 valence electrons. The lowest BCUT2D eigenvalue weighted by molar-refractivity contribution is 0.0138. The van der Waals surface area contributed by atoms with E-state index in [1.54, 1.807) is 18.7 Å². The van der Waals surface area contributed by atoms with Crippen LogP contribution in [0.25, 0.3) is 0 Å². The van der Waals surface area contributed by atoms with E-state index in [2.05, 4.69) is 21.7 Å². The number of hydrogen-bond acceptors (Lipinski definition) is 7. The zero-order valence-electron chi connectivity index (χ0n) is 17.7. The van der Waals surface area contributed by atoms with Crippen molar-refractivity contribution in [3.05, 3.63) is 22.3 Å². The molecule has 0 saturated carbocycles. The van der Waals surface area contributed by atoms with E-state index in [-0.39, 0.29) is 11.8 Å². The van der Waals surface area contributed by atoms with E-state index in [1.807, 2.05) is 27.7 Å². The Labute approximate surface area is 178 Å². The Morgan fingerprint density at radius 2 is 1.62 bits per heavy atom. The molecule has 0 N–H and O–H groups in total. The molecule has 0 atom stereocenters. The number of benzene rings is 1. The maximum Gasteiger partial charge on any atom is 0.488 e. The first-order chi connectivity index (χ1) is 13.2. The zero-order valence-corrected chi connectivity index (χ0v) is 19.4.